The van der Waals surface area contributed by atoms with E-state index in [1.807, 2.05) is 13.8 Å². The highest BCUT2D eigenvalue weighted by Gasteiger charge is 2.32. The van der Waals surface area contributed by atoms with E-state index in [-0.39, 0.29) is 0 Å². The van der Waals surface area contributed by atoms with Crippen LogP contribution in [-0.2, 0) is 0 Å². The van der Waals surface area contributed by atoms with Gasteiger partial charge in [0.15, 0.2) is 0 Å². The molecule has 116 heavy (non-hydrogen) atoms. The Morgan fingerprint density at radius 1 is 0.336 bits per heavy atom. The Labute approximate surface area is 737 Å². The summed E-state index contributed by atoms with van der Waals surface area (Å²) in [5, 5.41) is 7.02. The molecule has 4 unspecified atom stereocenters. The fraction of sp³-hybridized carbons (Fsp3) is 1.00. The molecule has 6 atom stereocenters. The van der Waals surface area contributed by atoms with Crippen LogP contribution in [0.3, 0.4) is 0 Å². The highest BCUT2D eigenvalue weighted by Crippen LogP contribution is 2.39. The molecular weight excluding hydrogens is 1410 g/mol. The van der Waals surface area contributed by atoms with Gasteiger partial charge in [-0.3, -0.25) is 9.80 Å². The molecule has 6 saturated heterocycles. The van der Waals surface area contributed by atoms with Crippen molar-refractivity contribution in [2.45, 2.75) is 498 Å². The minimum absolute atomic E-state index is 0.384. The van der Waals surface area contributed by atoms with E-state index in [0.29, 0.717) is 23.7 Å². The van der Waals surface area contributed by atoms with E-state index in [9.17, 15) is 0 Å². The molecule has 8 fully saturated rings. The third-order valence-corrected chi connectivity index (χ3v) is 28.2. The molecule has 8 aliphatic rings. The minimum Gasteiger partial charge on any atom is -0.315 e. The number of rotatable bonds is 24. The first kappa shape index (κ1) is 120. The van der Waals surface area contributed by atoms with Crippen molar-refractivity contribution in [3.05, 3.63) is 0 Å². The molecule has 9 nitrogen and oxygen atoms in total. The lowest BCUT2D eigenvalue weighted by Gasteiger charge is -2.40. The van der Waals surface area contributed by atoms with Crippen LogP contribution in [0.5, 0.6) is 0 Å². The Kier molecular flexibility index (Phi) is 70.1. The van der Waals surface area contributed by atoms with Gasteiger partial charge >= 0.3 is 0 Å². The predicted molar refractivity (Wildman–Crippen MR) is 532 cm³/mol. The summed E-state index contributed by atoms with van der Waals surface area (Å²) in [7, 11) is 2.19. The molecule has 9 heteroatoms. The van der Waals surface area contributed by atoms with Crippen LogP contribution in [0.1, 0.15) is 432 Å². The Morgan fingerprint density at radius 2 is 0.690 bits per heavy atom. The Balaban J connectivity index is -0.00000122. The van der Waals surface area contributed by atoms with Gasteiger partial charge in [0.05, 0.1) is 0 Å². The molecule has 702 valence electrons. The summed E-state index contributed by atoms with van der Waals surface area (Å²) in [4.78, 5) is 18.1. The molecule has 2 aliphatic carbocycles. The highest BCUT2D eigenvalue weighted by molar-refractivity contribution is 4.86. The lowest BCUT2D eigenvalue weighted by Crippen LogP contribution is -2.46. The normalized spacial score (nSPS) is 24.1. The minimum atomic E-state index is 0.384. The van der Waals surface area contributed by atoms with E-state index < -0.39 is 0 Å². The van der Waals surface area contributed by atoms with E-state index in [1.54, 1.807) is 0 Å². The van der Waals surface area contributed by atoms with Crippen LogP contribution in [0.25, 0.3) is 0 Å². The first-order chi connectivity index (χ1) is 53.9. The lowest BCUT2D eigenvalue weighted by molar-refractivity contribution is 0.0843. The Hall–Kier alpha value is -0.360. The molecule has 0 spiro atoms. The summed E-state index contributed by atoms with van der Waals surface area (Å²) >= 11 is 0. The van der Waals surface area contributed by atoms with Gasteiger partial charge in [0.25, 0.3) is 0 Å². The zero-order chi connectivity index (χ0) is 89.9. The first-order valence-corrected chi connectivity index (χ1v) is 51.6. The summed E-state index contributed by atoms with van der Waals surface area (Å²) in [6.45, 7) is 113. The van der Waals surface area contributed by atoms with Gasteiger partial charge in [-0.05, 0) is 424 Å². The van der Waals surface area contributed by atoms with Crippen LogP contribution in [0.2, 0.25) is 0 Å². The fourth-order valence-electron chi connectivity index (χ4n) is 18.5. The molecular formula is C107H229N9. The van der Waals surface area contributed by atoms with Gasteiger partial charge in [-0.15, -0.1) is 0 Å². The average molecular weight is 1640 g/mol. The standard InChI is InChI=1S/C12H25N.5C11H23N.C11H22.C10H21N.C9H21N.C8H19N.C2H6/c1-9(2)11-5-7-12(8-6-11)13-10(3)4;2*1-9(2)11-5-7-12(8-6-11)10(3)4;2*1-9(2)11-6-5-7-12(8-11)10(3)4;1-9(2)8-11-6-5-7-12(11)10(3)4;1-8(2)10-5-6-11(7-10)9(3)4;1-9-6-5-7-11(8-9)10(2,3)4;1-8(2)6-7-10(5)9(3)4;1-7(2)5-6-9-8(3)4;1-2/h9-13H,5-8H2,1-4H3;5*9-11H,5-8H2,1-4H3;8-11H,5-7H2,1-4H3;9H,5-8H2,1-4H3;8-9H,6-7H2,1-5H3;7-9H,5-6H2,1-4H3;1-2H3/t;;;11-;;;;9-;;;/m...1...0.../s1. The smallest absolute Gasteiger partial charge is 0.0125 e. The second-order valence-electron chi connectivity index (χ2n) is 45.6. The van der Waals surface area contributed by atoms with Crippen molar-refractivity contribution in [1.82, 2.24) is 44.9 Å². The second kappa shape index (κ2) is 67.9. The molecule has 2 saturated carbocycles. The molecule has 0 amide bonds. The first-order valence-electron chi connectivity index (χ1n) is 51.6. The molecule has 8 rings (SSSR count). The average Bonchev–Trinajstić information content (AvgIpc) is 1.85. The van der Waals surface area contributed by atoms with Crippen molar-refractivity contribution in [1.29, 1.82) is 0 Å². The van der Waals surface area contributed by atoms with Crippen molar-refractivity contribution in [2.24, 2.45) is 107 Å². The van der Waals surface area contributed by atoms with Crippen molar-refractivity contribution in [3.8, 4) is 0 Å². The van der Waals surface area contributed by atoms with Crippen LogP contribution in [0.4, 0.5) is 0 Å². The molecule has 6 heterocycles. The molecule has 2 N–H and O–H groups in total. The topological polar surface area (TPSA) is 46.7 Å². The predicted octanol–water partition coefficient (Wildman–Crippen LogP) is 28.8. The number of nitrogens with one attached hydrogen (secondary N) is 2. The van der Waals surface area contributed by atoms with Gasteiger partial charge in [-0.2, -0.15) is 0 Å². The van der Waals surface area contributed by atoms with Crippen LogP contribution in [0.15, 0.2) is 0 Å². The van der Waals surface area contributed by atoms with Gasteiger partial charge in [0, 0.05) is 85.6 Å². The van der Waals surface area contributed by atoms with Crippen molar-refractivity contribution in [3.63, 3.8) is 0 Å². The van der Waals surface area contributed by atoms with Crippen LogP contribution in [-0.4, -0.2) is 192 Å². The van der Waals surface area contributed by atoms with E-state index in [1.165, 1.54) is 220 Å². The number of likely N-dealkylation sites (tertiary alicyclic amines) is 6. The number of nitrogens with zero attached hydrogens (tertiary/aromatic N) is 7. The number of hydrogen-bond acceptors (Lipinski definition) is 9. The second-order valence-corrected chi connectivity index (χ2v) is 45.6. The van der Waals surface area contributed by atoms with Crippen molar-refractivity contribution < 1.29 is 0 Å². The van der Waals surface area contributed by atoms with Gasteiger partial charge < -0.3 is 35.1 Å². The van der Waals surface area contributed by atoms with Gasteiger partial charge in [0.2, 0.25) is 0 Å². The summed E-state index contributed by atoms with van der Waals surface area (Å²) in [6.07, 6.45) is 31.1. The lowest BCUT2D eigenvalue weighted by atomic mass is 9.79. The van der Waals surface area contributed by atoms with E-state index in [2.05, 4.69) is 329 Å². The van der Waals surface area contributed by atoms with Gasteiger partial charge in [-0.1, -0.05) is 187 Å². The molecule has 0 bridgehead atoms. The summed E-state index contributed by atoms with van der Waals surface area (Å²) in [5.41, 5.74) is 0.384. The third kappa shape index (κ3) is 59.5. The summed E-state index contributed by atoms with van der Waals surface area (Å²) < 4.78 is 0. The highest BCUT2D eigenvalue weighted by atomic mass is 15.2. The number of piperidine rings is 5. The van der Waals surface area contributed by atoms with Crippen LogP contribution in [0, 0.1) is 107 Å². The fourth-order valence-corrected chi connectivity index (χ4v) is 18.5. The molecule has 0 aromatic rings. The molecule has 6 aliphatic heterocycles. The molecule has 0 aromatic carbocycles. The maximum Gasteiger partial charge on any atom is 0.0125 e. The number of hydrogen-bond donors (Lipinski definition) is 2. The third-order valence-electron chi connectivity index (χ3n) is 28.2. The van der Waals surface area contributed by atoms with Crippen LogP contribution >= 0.6 is 0 Å². The zero-order valence-electron chi connectivity index (χ0n) is 88.5. The van der Waals surface area contributed by atoms with Gasteiger partial charge in [-0.25, -0.2) is 0 Å². The van der Waals surface area contributed by atoms with Crippen LogP contribution < -0.4 is 10.6 Å². The zero-order valence-corrected chi connectivity index (χ0v) is 88.5. The van der Waals surface area contributed by atoms with E-state index in [4.69, 9.17) is 0 Å². The Morgan fingerprint density at radius 3 is 0.974 bits per heavy atom. The molecule has 0 aromatic heterocycles. The van der Waals surface area contributed by atoms with E-state index >= 15 is 0 Å². The van der Waals surface area contributed by atoms with E-state index in [0.717, 1.165) is 155 Å². The molecule has 0 radical (unpaired) electrons. The quantitative estimate of drug-likeness (QED) is 0.0984. The van der Waals surface area contributed by atoms with Gasteiger partial charge in [0.1, 0.15) is 0 Å². The SMILES string of the molecule is CC.CC(C)C1CCC(C(C)C)C1.CC(C)C1CCCN(C(C)C)C1.CC(C)C1CCN(C(C)C)CC1.CC(C)C1CCN(C(C)C)CC1.CC(C)CC1CCCN1C(C)C.CC(C)CCN(C)C(C)C.CC(C)CCNC(C)C.CC(C)NC1CCC(C(C)C)CC1.CC(C)[C@@H]1CCCN(C(C)C)C1.C[C@H]1CCCN(C(C)(C)C)C1. The monoisotopic (exact) mass is 1640 g/mol. The maximum atomic E-state index is 3.64. The maximum absolute atomic E-state index is 3.64. The summed E-state index contributed by atoms with van der Waals surface area (Å²) in [5.74, 6) is 16.6. The Bertz CT molecular complexity index is 1960. The van der Waals surface area contributed by atoms with Crippen molar-refractivity contribution >= 4 is 0 Å². The largest absolute Gasteiger partial charge is 0.315 e. The summed E-state index contributed by atoms with van der Waals surface area (Å²) in [6, 6.07) is 7.40. The van der Waals surface area contributed by atoms with Crippen molar-refractivity contribution in [2.75, 3.05) is 92.1 Å².